The molecule has 1 aromatic carbocycles. The second-order valence-corrected chi connectivity index (χ2v) is 6.94. The van der Waals surface area contributed by atoms with Gasteiger partial charge in [0, 0.05) is 0 Å². The number of imide groups is 1. The van der Waals surface area contributed by atoms with E-state index >= 15 is 0 Å². The molecule has 0 N–H and O–H groups in total. The predicted molar refractivity (Wildman–Crippen MR) is 80.5 cm³/mol. The van der Waals surface area contributed by atoms with Crippen molar-refractivity contribution in [2.75, 3.05) is 0 Å². The lowest BCUT2D eigenvalue weighted by atomic mass is 9.63. The van der Waals surface area contributed by atoms with Gasteiger partial charge in [0.2, 0.25) is 0 Å². The van der Waals surface area contributed by atoms with Crippen LogP contribution in [-0.4, -0.2) is 23.0 Å². The summed E-state index contributed by atoms with van der Waals surface area (Å²) in [6.45, 7) is 0. The van der Waals surface area contributed by atoms with Crippen LogP contribution in [0.25, 0.3) is 0 Å². The molecule has 5 aliphatic rings. The van der Waals surface area contributed by atoms with Gasteiger partial charge in [-0.15, -0.1) is 0 Å². The van der Waals surface area contributed by atoms with Crippen LogP contribution < -0.4 is 0 Å². The van der Waals surface area contributed by atoms with Crippen LogP contribution in [0.1, 0.15) is 12.0 Å². The van der Waals surface area contributed by atoms with Crippen LogP contribution in [-0.2, 0) is 9.59 Å². The highest BCUT2D eigenvalue weighted by Crippen LogP contribution is 2.65. The number of carbonyl (C=O) groups is 2. The van der Waals surface area contributed by atoms with E-state index in [0.29, 0.717) is 17.4 Å². The molecule has 6 rings (SSSR count). The maximum absolute atomic E-state index is 12.9. The number of nitrogens with zero attached hydrogens (tertiary/aromatic N) is 2. The highest BCUT2D eigenvalue weighted by atomic mass is 19.1. The number of hydrazone groups is 1. The summed E-state index contributed by atoms with van der Waals surface area (Å²) < 4.78 is 12.9. The van der Waals surface area contributed by atoms with Gasteiger partial charge < -0.3 is 0 Å². The van der Waals surface area contributed by atoms with E-state index in [1.54, 1.807) is 12.1 Å². The van der Waals surface area contributed by atoms with E-state index < -0.39 is 0 Å². The number of benzene rings is 1. The van der Waals surface area contributed by atoms with E-state index in [0.717, 1.165) is 11.4 Å². The van der Waals surface area contributed by atoms with Crippen molar-refractivity contribution in [2.45, 2.75) is 6.42 Å². The molecule has 2 amide bonds. The summed E-state index contributed by atoms with van der Waals surface area (Å²) in [7, 11) is 0. The largest absolute Gasteiger partial charge is 0.272 e. The van der Waals surface area contributed by atoms with Gasteiger partial charge in [-0.25, -0.2) is 4.39 Å². The number of halogens is 1. The van der Waals surface area contributed by atoms with E-state index in [-0.39, 0.29) is 41.3 Å². The normalized spacial score (nSPS) is 40.0. The maximum Gasteiger partial charge on any atom is 0.254 e. The van der Waals surface area contributed by atoms with Crippen LogP contribution in [0.5, 0.6) is 0 Å². The lowest BCUT2D eigenvalue weighted by Gasteiger charge is -2.37. The van der Waals surface area contributed by atoms with Crippen molar-refractivity contribution in [2.24, 2.45) is 40.6 Å². The molecule has 3 fully saturated rings. The molecule has 0 spiro atoms. The van der Waals surface area contributed by atoms with Crippen molar-refractivity contribution < 1.29 is 14.0 Å². The Morgan fingerprint density at radius 3 is 2.13 bits per heavy atom. The Morgan fingerprint density at radius 2 is 1.57 bits per heavy atom. The van der Waals surface area contributed by atoms with Gasteiger partial charge in [-0.3, -0.25) is 9.59 Å². The molecule has 4 nitrogen and oxygen atoms in total. The molecule has 5 heteroatoms. The Bertz CT molecular complexity index is 734. The summed E-state index contributed by atoms with van der Waals surface area (Å²) in [5.41, 5.74) is 0.658. The fourth-order valence-corrected chi connectivity index (χ4v) is 4.73. The van der Waals surface area contributed by atoms with Gasteiger partial charge in [-0.2, -0.15) is 10.1 Å². The molecule has 0 aromatic heterocycles. The summed E-state index contributed by atoms with van der Waals surface area (Å²) in [5.74, 6) is 0.440. The van der Waals surface area contributed by atoms with Crippen LogP contribution in [0.3, 0.4) is 0 Å². The molecule has 1 aromatic rings. The molecule has 116 valence electrons. The van der Waals surface area contributed by atoms with E-state index in [1.807, 2.05) is 0 Å². The number of hydrogen-bond donors (Lipinski definition) is 0. The minimum Gasteiger partial charge on any atom is -0.272 e. The molecule has 0 unspecified atom stereocenters. The van der Waals surface area contributed by atoms with E-state index in [1.165, 1.54) is 18.3 Å². The highest BCUT2D eigenvalue weighted by Gasteiger charge is 2.67. The van der Waals surface area contributed by atoms with E-state index in [9.17, 15) is 14.0 Å². The molecule has 2 bridgehead atoms. The SMILES string of the molecule is O=C1[C@H]2[C@@H]3C=C[C@H]([C@H]4C[C@H]34)[C@@H]2C(=O)N1/N=C\c1ccc(F)cc1. The first-order chi connectivity index (χ1) is 11.1. The topological polar surface area (TPSA) is 49.7 Å². The average Bonchev–Trinajstić information content (AvgIpc) is 3.33. The van der Waals surface area contributed by atoms with Crippen LogP contribution in [0.4, 0.5) is 4.39 Å². The third kappa shape index (κ3) is 1.73. The minimum absolute atomic E-state index is 0.178. The fourth-order valence-electron chi connectivity index (χ4n) is 4.73. The molecule has 6 atom stereocenters. The minimum atomic E-state index is -0.330. The Morgan fingerprint density at radius 1 is 1.00 bits per heavy atom. The van der Waals surface area contributed by atoms with Gasteiger partial charge in [0.1, 0.15) is 5.82 Å². The maximum atomic E-state index is 12.9. The zero-order valence-corrected chi connectivity index (χ0v) is 12.3. The standard InChI is InChI=1S/C18H15FN2O2/c19-10-3-1-9(2-4-10)8-20-21-17(22)15-11-5-6-12(14-7-13(11)14)16(15)18(21)23/h1-6,8,11-16H,7H2/b20-8-/t11-,12-,13-,14-,15+,16+/m1/s1. The van der Waals surface area contributed by atoms with Crippen LogP contribution in [0.15, 0.2) is 41.5 Å². The lowest BCUT2D eigenvalue weighted by Crippen LogP contribution is -2.40. The molecule has 1 saturated heterocycles. The Balaban J connectivity index is 1.44. The first-order valence-corrected chi connectivity index (χ1v) is 8.01. The molecule has 4 aliphatic carbocycles. The van der Waals surface area contributed by atoms with Crippen molar-refractivity contribution in [1.82, 2.24) is 5.01 Å². The number of hydrogen-bond acceptors (Lipinski definition) is 3. The van der Waals surface area contributed by atoms with Gasteiger partial charge in [-0.05, 0) is 47.8 Å². The third-order valence-electron chi connectivity index (χ3n) is 5.83. The quantitative estimate of drug-likeness (QED) is 0.478. The van der Waals surface area contributed by atoms with Crippen molar-refractivity contribution in [3.05, 3.63) is 47.8 Å². The van der Waals surface area contributed by atoms with Gasteiger partial charge in [0.15, 0.2) is 0 Å². The molecule has 1 aliphatic heterocycles. The van der Waals surface area contributed by atoms with Crippen molar-refractivity contribution >= 4 is 18.0 Å². The van der Waals surface area contributed by atoms with Crippen molar-refractivity contribution in [1.29, 1.82) is 0 Å². The number of allylic oxidation sites excluding steroid dienone is 2. The summed E-state index contributed by atoms with van der Waals surface area (Å²) in [5, 5.41) is 5.14. The third-order valence-corrected chi connectivity index (χ3v) is 5.83. The molecule has 2 saturated carbocycles. The first-order valence-electron chi connectivity index (χ1n) is 8.01. The number of rotatable bonds is 2. The van der Waals surface area contributed by atoms with Gasteiger partial charge in [0.05, 0.1) is 18.1 Å². The smallest absolute Gasteiger partial charge is 0.254 e. The molecule has 23 heavy (non-hydrogen) atoms. The summed E-state index contributed by atoms with van der Waals surface area (Å²) in [6, 6.07) is 5.79. The summed E-state index contributed by atoms with van der Waals surface area (Å²) in [4.78, 5) is 25.4. The van der Waals surface area contributed by atoms with Crippen LogP contribution in [0, 0.1) is 41.3 Å². The zero-order chi connectivity index (χ0) is 15.7. The van der Waals surface area contributed by atoms with Crippen LogP contribution >= 0.6 is 0 Å². The molecule has 0 radical (unpaired) electrons. The van der Waals surface area contributed by atoms with Gasteiger partial charge in [0.25, 0.3) is 11.8 Å². The second kappa shape index (κ2) is 4.37. The highest BCUT2D eigenvalue weighted by molar-refractivity contribution is 6.06. The zero-order valence-electron chi connectivity index (χ0n) is 12.3. The van der Waals surface area contributed by atoms with Crippen molar-refractivity contribution in [3.63, 3.8) is 0 Å². The number of carbonyl (C=O) groups excluding carboxylic acids is 2. The average molecular weight is 310 g/mol. The Hall–Kier alpha value is -2.30. The summed E-state index contributed by atoms with van der Waals surface area (Å²) >= 11 is 0. The van der Waals surface area contributed by atoms with E-state index in [2.05, 4.69) is 17.3 Å². The molecular weight excluding hydrogens is 295 g/mol. The van der Waals surface area contributed by atoms with Crippen molar-refractivity contribution in [3.8, 4) is 0 Å². The second-order valence-electron chi connectivity index (χ2n) is 6.94. The van der Waals surface area contributed by atoms with Gasteiger partial charge >= 0.3 is 0 Å². The Labute approximate surface area is 132 Å². The molecular formula is C18H15FN2O2. The monoisotopic (exact) mass is 310 g/mol. The summed E-state index contributed by atoms with van der Waals surface area (Å²) in [6.07, 6.45) is 6.87. The number of amides is 2. The van der Waals surface area contributed by atoms with E-state index in [4.69, 9.17) is 0 Å². The van der Waals surface area contributed by atoms with Crippen LogP contribution in [0.2, 0.25) is 0 Å². The van der Waals surface area contributed by atoms with Gasteiger partial charge in [-0.1, -0.05) is 24.3 Å². The lowest BCUT2D eigenvalue weighted by molar-refractivity contribution is -0.140. The first kappa shape index (κ1) is 13.2. The molecule has 1 heterocycles. The predicted octanol–water partition coefficient (Wildman–Crippen LogP) is 2.21. The fraction of sp³-hybridized carbons (Fsp3) is 0.389. The Kier molecular flexibility index (Phi) is 2.50.